The number of nitrogens with zero attached hydrogens (tertiary/aromatic N) is 4. The Kier molecular flexibility index (Phi) is 7.44. The number of aromatic nitrogens is 2. The average molecular weight is 397 g/mol. The van der Waals surface area contributed by atoms with Gasteiger partial charge in [0.15, 0.2) is 0 Å². The zero-order valence-electron chi connectivity index (χ0n) is 17.6. The van der Waals surface area contributed by atoms with Crippen molar-refractivity contribution >= 4 is 17.5 Å². The molecule has 1 aliphatic heterocycles. The number of fused-ring (bicyclic) bond motifs is 1. The average Bonchev–Trinajstić information content (AvgIpc) is 3.11. The Morgan fingerprint density at radius 3 is 2.45 bits per heavy atom. The summed E-state index contributed by atoms with van der Waals surface area (Å²) in [5.74, 6) is 0.219. The predicted molar refractivity (Wildman–Crippen MR) is 115 cm³/mol. The van der Waals surface area contributed by atoms with E-state index in [1.165, 1.54) is 0 Å². The van der Waals surface area contributed by atoms with Crippen LogP contribution in [0, 0.1) is 0 Å². The normalized spacial score (nSPS) is 15.9. The second kappa shape index (κ2) is 10.2. The number of amides is 2. The minimum atomic E-state index is 0.0589. The Morgan fingerprint density at radius 2 is 1.72 bits per heavy atom. The van der Waals surface area contributed by atoms with Crippen molar-refractivity contribution in [3.8, 4) is 0 Å². The van der Waals surface area contributed by atoms with E-state index in [1.807, 2.05) is 51.9 Å². The first-order valence-corrected chi connectivity index (χ1v) is 10.7. The van der Waals surface area contributed by atoms with Crippen LogP contribution in [0.1, 0.15) is 56.7 Å². The van der Waals surface area contributed by atoms with Crippen LogP contribution in [0.5, 0.6) is 0 Å². The number of benzene rings is 1. The molecular weight excluding hydrogens is 364 g/mol. The molecule has 2 amide bonds. The first-order valence-electron chi connectivity index (χ1n) is 10.7. The minimum absolute atomic E-state index is 0.0589. The lowest BCUT2D eigenvalue weighted by Crippen LogP contribution is -2.35. The van der Waals surface area contributed by atoms with E-state index < -0.39 is 0 Å². The number of hydrogen-bond donors (Lipinski definition) is 0. The van der Waals surface area contributed by atoms with Gasteiger partial charge >= 0.3 is 0 Å². The quantitative estimate of drug-likeness (QED) is 0.795. The molecule has 0 saturated carbocycles. The molecule has 0 fully saturated rings. The molecule has 0 aliphatic carbocycles. The van der Waals surface area contributed by atoms with E-state index in [0.717, 1.165) is 62.1 Å². The second-order valence-electron chi connectivity index (χ2n) is 7.83. The fraction of sp³-hybridized carbons (Fsp3) is 0.522. The molecule has 156 valence electrons. The fourth-order valence-corrected chi connectivity index (χ4v) is 4.00. The van der Waals surface area contributed by atoms with Crippen molar-refractivity contribution in [2.75, 3.05) is 18.0 Å². The van der Waals surface area contributed by atoms with E-state index in [2.05, 4.69) is 5.10 Å². The summed E-state index contributed by atoms with van der Waals surface area (Å²) < 4.78 is 1.82. The summed E-state index contributed by atoms with van der Waals surface area (Å²) in [6.07, 6.45) is 8.34. The predicted octanol–water partition coefficient (Wildman–Crippen LogP) is 3.70. The van der Waals surface area contributed by atoms with Crippen LogP contribution < -0.4 is 4.90 Å². The van der Waals surface area contributed by atoms with E-state index in [0.29, 0.717) is 19.4 Å². The van der Waals surface area contributed by atoms with Crippen molar-refractivity contribution in [2.24, 2.45) is 7.05 Å². The Labute approximate surface area is 173 Å². The van der Waals surface area contributed by atoms with E-state index in [9.17, 15) is 9.59 Å². The van der Waals surface area contributed by atoms with Crippen LogP contribution in [0.3, 0.4) is 0 Å². The van der Waals surface area contributed by atoms with Crippen molar-refractivity contribution in [1.82, 2.24) is 14.7 Å². The van der Waals surface area contributed by atoms with Crippen molar-refractivity contribution in [1.29, 1.82) is 0 Å². The maximum atomic E-state index is 13.1. The molecule has 1 aliphatic rings. The van der Waals surface area contributed by atoms with Gasteiger partial charge in [0, 0.05) is 57.6 Å². The standard InChI is InChI=1S/C23H32N4O2/c1-19(28)27-17-9-5-3-4-8-16-26(18-20-10-6-7-11-22(20)27)23(29)13-12-21-14-15-24-25(21)2/h6-7,10-11,14-15H,3-5,8-9,12-13,16-18H2,1-2H3. The molecule has 0 saturated heterocycles. The van der Waals surface area contributed by atoms with E-state index in [-0.39, 0.29) is 11.8 Å². The molecule has 1 aromatic heterocycles. The zero-order valence-corrected chi connectivity index (χ0v) is 17.6. The molecule has 6 nitrogen and oxygen atoms in total. The molecule has 0 N–H and O–H groups in total. The first-order chi connectivity index (χ1) is 14.1. The third kappa shape index (κ3) is 5.68. The smallest absolute Gasteiger partial charge is 0.223 e. The lowest BCUT2D eigenvalue weighted by molar-refractivity contribution is -0.131. The Hall–Kier alpha value is -2.63. The molecule has 0 unspecified atom stereocenters. The maximum Gasteiger partial charge on any atom is 0.223 e. The Bertz CT molecular complexity index is 830. The van der Waals surface area contributed by atoms with Gasteiger partial charge in [-0.25, -0.2) is 0 Å². The molecule has 6 heteroatoms. The lowest BCUT2D eigenvalue weighted by atomic mass is 10.1. The Morgan fingerprint density at radius 1 is 1.00 bits per heavy atom. The van der Waals surface area contributed by atoms with Crippen LogP contribution in [0.4, 0.5) is 5.69 Å². The SMILES string of the molecule is CC(=O)N1CCCCCCCN(C(=O)CCc2ccnn2C)Cc2ccccc21. The fourth-order valence-electron chi connectivity index (χ4n) is 4.00. The van der Waals surface area contributed by atoms with E-state index >= 15 is 0 Å². The number of para-hydroxylation sites is 1. The van der Waals surface area contributed by atoms with Gasteiger partial charge in [0.2, 0.25) is 11.8 Å². The topological polar surface area (TPSA) is 58.4 Å². The van der Waals surface area contributed by atoms with Gasteiger partial charge in [-0.3, -0.25) is 14.3 Å². The summed E-state index contributed by atoms with van der Waals surface area (Å²) in [7, 11) is 1.91. The number of carbonyl (C=O) groups excluding carboxylic acids is 2. The highest BCUT2D eigenvalue weighted by molar-refractivity contribution is 5.92. The number of carbonyl (C=O) groups is 2. The molecule has 1 aromatic carbocycles. The highest BCUT2D eigenvalue weighted by Gasteiger charge is 2.20. The molecule has 0 bridgehead atoms. The van der Waals surface area contributed by atoms with Gasteiger partial charge in [0.05, 0.1) is 0 Å². The van der Waals surface area contributed by atoms with Gasteiger partial charge in [-0.1, -0.05) is 37.5 Å². The van der Waals surface area contributed by atoms with Crippen molar-refractivity contribution in [3.63, 3.8) is 0 Å². The molecule has 29 heavy (non-hydrogen) atoms. The largest absolute Gasteiger partial charge is 0.338 e. The summed E-state index contributed by atoms with van der Waals surface area (Å²) in [4.78, 5) is 29.2. The lowest BCUT2D eigenvalue weighted by Gasteiger charge is -2.29. The second-order valence-corrected chi connectivity index (χ2v) is 7.83. The monoisotopic (exact) mass is 396 g/mol. The van der Waals surface area contributed by atoms with Crippen LogP contribution in [0.25, 0.3) is 0 Å². The number of anilines is 1. The highest BCUT2D eigenvalue weighted by atomic mass is 16.2. The van der Waals surface area contributed by atoms with Crippen LogP contribution >= 0.6 is 0 Å². The zero-order chi connectivity index (χ0) is 20.6. The van der Waals surface area contributed by atoms with Gasteiger partial charge in [-0.05, 0) is 37.0 Å². The van der Waals surface area contributed by atoms with Crippen molar-refractivity contribution in [3.05, 3.63) is 47.8 Å². The molecule has 2 heterocycles. The minimum Gasteiger partial charge on any atom is -0.338 e. The molecule has 0 spiro atoms. The van der Waals surface area contributed by atoms with Crippen LogP contribution in [0.2, 0.25) is 0 Å². The van der Waals surface area contributed by atoms with Crippen molar-refractivity contribution < 1.29 is 9.59 Å². The number of aryl methyl sites for hydroxylation is 2. The summed E-state index contributed by atoms with van der Waals surface area (Å²) >= 11 is 0. The van der Waals surface area contributed by atoms with Gasteiger partial charge in [-0.15, -0.1) is 0 Å². The van der Waals surface area contributed by atoms with Gasteiger partial charge in [-0.2, -0.15) is 5.10 Å². The number of hydrogen-bond acceptors (Lipinski definition) is 3. The van der Waals surface area contributed by atoms with Crippen molar-refractivity contribution in [2.45, 2.75) is 58.4 Å². The molecular formula is C23H32N4O2. The summed E-state index contributed by atoms with van der Waals surface area (Å²) in [6, 6.07) is 9.96. The molecule has 2 aromatic rings. The van der Waals surface area contributed by atoms with E-state index in [1.54, 1.807) is 13.1 Å². The van der Waals surface area contributed by atoms with Crippen LogP contribution in [-0.2, 0) is 29.6 Å². The number of rotatable bonds is 3. The first kappa shape index (κ1) is 21.1. The van der Waals surface area contributed by atoms with Crippen LogP contribution in [-0.4, -0.2) is 39.6 Å². The van der Waals surface area contributed by atoms with Gasteiger partial charge < -0.3 is 9.80 Å². The third-order valence-corrected chi connectivity index (χ3v) is 5.70. The molecule has 0 atom stereocenters. The summed E-state index contributed by atoms with van der Waals surface area (Å²) in [5.41, 5.74) is 3.04. The molecule has 3 rings (SSSR count). The maximum absolute atomic E-state index is 13.1. The molecule has 0 radical (unpaired) electrons. The van der Waals surface area contributed by atoms with Gasteiger partial charge in [0.1, 0.15) is 0 Å². The van der Waals surface area contributed by atoms with E-state index in [4.69, 9.17) is 0 Å². The summed E-state index contributed by atoms with van der Waals surface area (Å²) in [5, 5.41) is 4.19. The van der Waals surface area contributed by atoms with Crippen LogP contribution in [0.15, 0.2) is 36.5 Å². The van der Waals surface area contributed by atoms with Gasteiger partial charge in [0.25, 0.3) is 0 Å². The summed E-state index contributed by atoms with van der Waals surface area (Å²) in [6.45, 7) is 3.67. The Balaban J connectivity index is 1.79. The third-order valence-electron chi connectivity index (χ3n) is 5.70. The highest BCUT2D eigenvalue weighted by Crippen LogP contribution is 2.24.